The Labute approximate surface area is 181 Å². The zero-order chi connectivity index (χ0) is 22.5. The third-order valence-corrected chi connectivity index (χ3v) is 5.99. The minimum Gasteiger partial charge on any atom is -0.508 e. The number of ketones is 1. The van der Waals surface area contributed by atoms with Crippen LogP contribution in [0.5, 0.6) is 17.2 Å². The standard InChI is InChI=1S/C25H28O6/c1-13(2)5-7-15-18(26)9-8-16-19(27)12-21(30-23(15)16)14-6-10-20-17(11-14)22(28)24(29)25(3,4)31-20/h5-6,8-11,21-22,24,26,28-29H,7,12H2,1-4H3/t21-,22+,24+/m0/s1. The molecule has 2 aliphatic rings. The fourth-order valence-corrected chi connectivity index (χ4v) is 4.11. The van der Waals surface area contributed by atoms with Crippen LogP contribution in [0.4, 0.5) is 0 Å². The maximum atomic E-state index is 12.9. The van der Waals surface area contributed by atoms with Crippen molar-refractivity contribution < 1.29 is 29.6 Å². The number of aromatic hydroxyl groups is 1. The molecule has 0 saturated carbocycles. The van der Waals surface area contributed by atoms with Gasteiger partial charge in [-0.1, -0.05) is 17.7 Å². The minimum atomic E-state index is -1.11. The van der Waals surface area contributed by atoms with Crippen molar-refractivity contribution in [1.82, 2.24) is 0 Å². The number of fused-ring (bicyclic) bond motifs is 2. The van der Waals surface area contributed by atoms with Crippen molar-refractivity contribution in [3.63, 3.8) is 0 Å². The molecule has 3 N–H and O–H groups in total. The quantitative estimate of drug-likeness (QED) is 0.640. The second-order valence-electron chi connectivity index (χ2n) is 9.05. The third kappa shape index (κ3) is 3.82. The van der Waals surface area contributed by atoms with Crippen LogP contribution in [0, 0.1) is 0 Å². The number of hydrogen-bond donors (Lipinski definition) is 3. The molecule has 0 aromatic heterocycles. The highest BCUT2D eigenvalue weighted by molar-refractivity contribution is 6.00. The third-order valence-electron chi connectivity index (χ3n) is 5.99. The summed E-state index contributed by atoms with van der Waals surface area (Å²) in [7, 11) is 0. The van der Waals surface area contributed by atoms with Gasteiger partial charge in [0.05, 0.1) is 12.0 Å². The van der Waals surface area contributed by atoms with Gasteiger partial charge < -0.3 is 24.8 Å². The summed E-state index contributed by atoms with van der Waals surface area (Å²) in [6, 6.07) is 8.39. The van der Waals surface area contributed by atoms with Gasteiger partial charge in [-0.2, -0.15) is 0 Å². The molecule has 2 aliphatic heterocycles. The topological polar surface area (TPSA) is 96.2 Å². The monoisotopic (exact) mass is 424 g/mol. The number of benzene rings is 2. The van der Waals surface area contributed by atoms with Crippen LogP contribution >= 0.6 is 0 Å². The number of aliphatic hydroxyl groups is 2. The Hall–Kier alpha value is -2.83. The molecule has 2 aromatic rings. The van der Waals surface area contributed by atoms with E-state index in [9.17, 15) is 20.1 Å². The van der Waals surface area contributed by atoms with Gasteiger partial charge in [0.25, 0.3) is 0 Å². The Morgan fingerprint density at radius 3 is 2.65 bits per heavy atom. The first-order chi connectivity index (χ1) is 14.6. The minimum absolute atomic E-state index is 0.0691. The molecule has 0 fully saturated rings. The van der Waals surface area contributed by atoms with Gasteiger partial charge in [0.2, 0.25) is 0 Å². The molecule has 0 saturated heterocycles. The summed E-state index contributed by atoms with van der Waals surface area (Å²) in [4.78, 5) is 12.9. The molecule has 0 unspecified atom stereocenters. The lowest BCUT2D eigenvalue weighted by atomic mass is 9.86. The average Bonchev–Trinajstić information content (AvgIpc) is 2.70. The van der Waals surface area contributed by atoms with Crippen LogP contribution in [0.15, 0.2) is 42.0 Å². The first-order valence-corrected chi connectivity index (χ1v) is 10.5. The molecule has 4 rings (SSSR count). The zero-order valence-corrected chi connectivity index (χ0v) is 18.2. The number of ether oxygens (including phenoxy) is 2. The van der Waals surface area contributed by atoms with Gasteiger partial charge in [-0.25, -0.2) is 0 Å². The van der Waals surface area contributed by atoms with Crippen molar-refractivity contribution in [3.05, 3.63) is 64.2 Å². The molecule has 3 atom stereocenters. The highest BCUT2D eigenvalue weighted by atomic mass is 16.5. The summed E-state index contributed by atoms with van der Waals surface area (Å²) in [6.07, 6.45) is -0.196. The highest BCUT2D eigenvalue weighted by Crippen LogP contribution is 2.44. The van der Waals surface area contributed by atoms with Gasteiger partial charge >= 0.3 is 0 Å². The number of aliphatic hydroxyl groups excluding tert-OH is 2. The Kier molecular flexibility index (Phi) is 5.31. The summed E-state index contributed by atoms with van der Waals surface area (Å²) in [6.45, 7) is 7.38. The second kappa shape index (κ2) is 7.70. The lowest BCUT2D eigenvalue weighted by Gasteiger charge is -2.40. The van der Waals surface area contributed by atoms with Gasteiger partial charge in [0.15, 0.2) is 5.78 Å². The molecule has 0 spiro atoms. The molecular weight excluding hydrogens is 396 g/mol. The van der Waals surface area contributed by atoms with Crippen molar-refractivity contribution in [2.75, 3.05) is 0 Å². The number of hydrogen-bond acceptors (Lipinski definition) is 6. The van der Waals surface area contributed by atoms with Gasteiger partial charge in [-0.15, -0.1) is 0 Å². The van der Waals surface area contributed by atoms with Crippen LogP contribution in [-0.2, 0) is 6.42 Å². The van der Waals surface area contributed by atoms with E-state index < -0.39 is 23.9 Å². The Morgan fingerprint density at radius 2 is 1.94 bits per heavy atom. The van der Waals surface area contributed by atoms with Crippen LogP contribution in [-0.4, -0.2) is 32.8 Å². The first-order valence-electron chi connectivity index (χ1n) is 10.5. The summed E-state index contributed by atoms with van der Waals surface area (Å²) in [5.41, 5.74) is 2.39. The lowest BCUT2D eigenvalue weighted by molar-refractivity contribution is -0.111. The number of phenols is 1. The molecule has 164 valence electrons. The molecule has 2 aromatic carbocycles. The van der Waals surface area contributed by atoms with E-state index in [0.717, 1.165) is 5.57 Å². The van der Waals surface area contributed by atoms with E-state index in [2.05, 4.69) is 0 Å². The largest absolute Gasteiger partial charge is 0.508 e. The van der Waals surface area contributed by atoms with E-state index in [1.165, 1.54) is 6.07 Å². The SMILES string of the molecule is CC(C)=CCc1c(O)ccc2c1O[C@H](c1ccc3c(c1)[C@@H](O)[C@@H](O)C(C)(C)O3)CC2=O. The predicted molar refractivity (Wildman–Crippen MR) is 116 cm³/mol. The smallest absolute Gasteiger partial charge is 0.170 e. The fraction of sp³-hybridized carbons (Fsp3) is 0.400. The van der Waals surface area contributed by atoms with Crippen molar-refractivity contribution in [2.45, 2.75) is 64.4 Å². The normalized spacial score (nSPS) is 23.8. The molecule has 6 nitrogen and oxygen atoms in total. The number of allylic oxidation sites excluding steroid dienone is 2. The van der Waals surface area contributed by atoms with E-state index in [4.69, 9.17) is 9.47 Å². The number of phenolic OH excluding ortho intramolecular Hbond substituents is 1. The van der Waals surface area contributed by atoms with Crippen molar-refractivity contribution >= 4 is 5.78 Å². The van der Waals surface area contributed by atoms with E-state index in [1.807, 2.05) is 19.9 Å². The van der Waals surface area contributed by atoms with E-state index >= 15 is 0 Å². The summed E-state index contributed by atoms with van der Waals surface area (Å²) < 4.78 is 12.1. The maximum absolute atomic E-state index is 12.9. The van der Waals surface area contributed by atoms with E-state index in [-0.39, 0.29) is 18.0 Å². The van der Waals surface area contributed by atoms with Crippen LogP contribution < -0.4 is 9.47 Å². The van der Waals surface area contributed by atoms with Crippen LogP contribution in [0.3, 0.4) is 0 Å². The number of rotatable bonds is 3. The molecule has 6 heteroatoms. The van der Waals surface area contributed by atoms with Crippen molar-refractivity contribution in [2.24, 2.45) is 0 Å². The van der Waals surface area contributed by atoms with Crippen LogP contribution in [0.2, 0.25) is 0 Å². The Balaban J connectivity index is 1.71. The van der Waals surface area contributed by atoms with Crippen LogP contribution in [0.25, 0.3) is 0 Å². The molecule has 0 aliphatic carbocycles. The molecule has 0 bridgehead atoms. The molecule has 0 amide bonds. The Morgan fingerprint density at radius 1 is 1.19 bits per heavy atom. The van der Waals surface area contributed by atoms with Crippen LogP contribution in [0.1, 0.15) is 73.4 Å². The average molecular weight is 424 g/mol. The highest BCUT2D eigenvalue weighted by Gasteiger charge is 2.42. The summed E-state index contributed by atoms with van der Waals surface area (Å²) >= 11 is 0. The zero-order valence-electron chi connectivity index (χ0n) is 18.2. The van der Waals surface area contributed by atoms with Gasteiger partial charge in [-0.05, 0) is 63.9 Å². The maximum Gasteiger partial charge on any atom is 0.170 e. The molecule has 2 heterocycles. The first kappa shape index (κ1) is 21.4. The Bertz CT molecular complexity index is 1060. The van der Waals surface area contributed by atoms with Gasteiger partial charge in [0.1, 0.15) is 41.2 Å². The number of carbonyl (C=O) groups is 1. The molecule has 0 radical (unpaired) electrons. The van der Waals surface area contributed by atoms with E-state index in [0.29, 0.717) is 40.2 Å². The molecular formula is C25H28O6. The number of carbonyl (C=O) groups excluding carboxylic acids is 1. The number of Topliss-reactive ketones (excluding diaryl/α,β-unsaturated/α-hetero) is 1. The van der Waals surface area contributed by atoms with Crippen molar-refractivity contribution in [1.29, 1.82) is 0 Å². The summed E-state index contributed by atoms with van der Waals surface area (Å²) in [5, 5.41) is 31.4. The summed E-state index contributed by atoms with van der Waals surface area (Å²) in [5.74, 6) is 0.912. The van der Waals surface area contributed by atoms with Gasteiger partial charge in [0, 0.05) is 11.1 Å². The second-order valence-corrected chi connectivity index (χ2v) is 9.05. The van der Waals surface area contributed by atoms with E-state index in [1.54, 1.807) is 38.1 Å². The van der Waals surface area contributed by atoms with Crippen molar-refractivity contribution in [3.8, 4) is 17.2 Å². The van der Waals surface area contributed by atoms with Gasteiger partial charge in [-0.3, -0.25) is 4.79 Å². The molecule has 31 heavy (non-hydrogen) atoms. The fourth-order valence-electron chi connectivity index (χ4n) is 4.11. The lowest BCUT2D eigenvalue weighted by Crippen LogP contribution is -2.48. The predicted octanol–water partition coefficient (Wildman–Crippen LogP) is 4.17.